The summed E-state index contributed by atoms with van der Waals surface area (Å²) in [5.41, 5.74) is 1.07. The highest BCUT2D eigenvalue weighted by atomic mass is 35.5. The second-order valence-electron chi connectivity index (χ2n) is 6.44. The average Bonchev–Trinajstić information content (AvgIpc) is 2.64. The maximum absolute atomic E-state index is 13.3. The van der Waals surface area contributed by atoms with E-state index in [-0.39, 0.29) is 9.92 Å². The Hall–Kier alpha value is -2.91. The van der Waals surface area contributed by atoms with Gasteiger partial charge in [0.15, 0.2) is 0 Å². The van der Waals surface area contributed by atoms with Gasteiger partial charge in [-0.2, -0.15) is 0 Å². The molecule has 0 saturated heterocycles. The molecule has 2 N–H and O–H groups in total. The van der Waals surface area contributed by atoms with Crippen LogP contribution in [-0.4, -0.2) is 32.5 Å². The average molecular weight is 436 g/mol. The molecule has 0 saturated carbocycles. The number of hydrogen-bond acceptors (Lipinski definition) is 6. The first-order valence-electron chi connectivity index (χ1n) is 8.52. The molecule has 1 heterocycles. The summed E-state index contributed by atoms with van der Waals surface area (Å²) in [6.45, 7) is 1.80. The van der Waals surface area contributed by atoms with E-state index < -0.39 is 15.8 Å². The van der Waals surface area contributed by atoms with Crippen LogP contribution in [0.3, 0.4) is 0 Å². The lowest BCUT2D eigenvalue weighted by Gasteiger charge is -2.14. The number of aryl methyl sites for hydroxylation is 1. The molecule has 0 unspecified atom stereocenters. The van der Waals surface area contributed by atoms with Crippen LogP contribution < -0.4 is 14.9 Å². The Labute approximate surface area is 173 Å². The van der Waals surface area contributed by atoms with Gasteiger partial charge < -0.3 is 10.2 Å². The normalized spacial score (nSPS) is 11.2. The highest BCUT2D eigenvalue weighted by Gasteiger charge is 2.16. The number of hydrogen-bond donors (Lipinski definition) is 2. The summed E-state index contributed by atoms with van der Waals surface area (Å²) in [5.74, 6) is 1.33. The van der Waals surface area contributed by atoms with Crippen molar-refractivity contribution in [2.24, 2.45) is 0 Å². The third-order valence-electron chi connectivity index (χ3n) is 3.89. The van der Waals surface area contributed by atoms with Crippen LogP contribution in [0.1, 0.15) is 5.82 Å². The second-order valence-corrected chi connectivity index (χ2v) is 8.53. The molecule has 0 bridgehead atoms. The summed E-state index contributed by atoms with van der Waals surface area (Å²) in [5, 5.41) is 2.90. The molecule has 0 amide bonds. The Morgan fingerprint density at radius 1 is 1.00 bits per heavy atom. The summed E-state index contributed by atoms with van der Waals surface area (Å²) in [4.78, 5) is 10.4. The molecular formula is C19H19ClFN5O2S. The molecule has 3 rings (SSSR count). The van der Waals surface area contributed by atoms with E-state index in [1.165, 1.54) is 0 Å². The van der Waals surface area contributed by atoms with Gasteiger partial charge in [-0.15, -0.1) is 0 Å². The van der Waals surface area contributed by atoms with Crippen LogP contribution in [0.2, 0.25) is 5.02 Å². The van der Waals surface area contributed by atoms with Gasteiger partial charge in [0.2, 0.25) is 0 Å². The molecule has 152 valence electrons. The van der Waals surface area contributed by atoms with E-state index in [2.05, 4.69) is 20.0 Å². The fourth-order valence-electron chi connectivity index (χ4n) is 2.47. The van der Waals surface area contributed by atoms with Crippen LogP contribution >= 0.6 is 11.6 Å². The lowest BCUT2D eigenvalue weighted by atomic mass is 10.3. The van der Waals surface area contributed by atoms with E-state index in [0.717, 1.165) is 29.7 Å². The molecule has 0 fully saturated rings. The van der Waals surface area contributed by atoms with Gasteiger partial charge >= 0.3 is 0 Å². The van der Waals surface area contributed by atoms with Crippen molar-refractivity contribution in [3.63, 3.8) is 0 Å². The van der Waals surface area contributed by atoms with E-state index in [4.69, 9.17) is 11.6 Å². The van der Waals surface area contributed by atoms with Gasteiger partial charge in [-0.25, -0.2) is 22.8 Å². The van der Waals surface area contributed by atoms with E-state index in [9.17, 15) is 12.8 Å². The Kier molecular flexibility index (Phi) is 5.90. The van der Waals surface area contributed by atoms with Crippen LogP contribution in [0, 0.1) is 12.7 Å². The molecule has 0 aliphatic carbocycles. The van der Waals surface area contributed by atoms with E-state index in [1.54, 1.807) is 31.2 Å². The summed E-state index contributed by atoms with van der Waals surface area (Å²) >= 11 is 5.67. The fraction of sp³-hybridized carbons (Fsp3) is 0.158. The van der Waals surface area contributed by atoms with Crippen molar-refractivity contribution >= 4 is 44.6 Å². The van der Waals surface area contributed by atoms with E-state index in [1.807, 2.05) is 25.1 Å². The van der Waals surface area contributed by atoms with Gasteiger partial charge in [-0.05, 0) is 49.4 Å². The zero-order valence-corrected chi connectivity index (χ0v) is 17.5. The Morgan fingerprint density at radius 3 is 2.28 bits per heavy atom. The van der Waals surface area contributed by atoms with Crippen molar-refractivity contribution in [3.8, 4) is 0 Å². The van der Waals surface area contributed by atoms with Crippen LogP contribution in [0.25, 0.3) is 0 Å². The first kappa shape index (κ1) is 20.8. The Balaban J connectivity index is 1.76. The number of aromatic nitrogens is 2. The first-order valence-corrected chi connectivity index (χ1v) is 10.4. The summed E-state index contributed by atoms with van der Waals surface area (Å²) in [6.07, 6.45) is 0. The monoisotopic (exact) mass is 435 g/mol. The van der Waals surface area contributed by atoms with Gasteiger partial charge in [-0.1, -0.05) is 11.6 Å². The van der Waals surface area contributed by atoms with Gasteiger partial charge in [-0.3, -0.25) is 4.72 Å². The minimum absolute atomic E-state index is 0.126. The van der Waals surface area contributed by atoms with Crippen molar-refractivity contribution < 1.29 is 12.8 Å². The number of rotatable bonds is 6. The standard InChI is InChI=1S/C19H19ClFN5O2S/c1-12-22-18(11-19(23-12)26(2)3)24-13-4-6-14(7-5-13)25-29(27,28)15-8-9-17(21)16(20)10-15/h4-11,25H,1-3H3,(H,22,23,24). The topological polar surface area (TPSA) is 87.2 Å². The predicted molar refractivity (Wildman–Crippen MR) is 113 cm³/mol. The highest BCUT2D eigenvalue weighted by Crippen LogP contribution is 2.24. The number of anilines is 4. The molecule has 0 radical (unpaired) electrons. The molecule has 0 spiro atoms. The lowest BCUT2D eigenvalue weighted by Crippen LogP contribution is -2.13. The third kappa shape index (κ3) is 5.12. The fourth-order valence-corrected chi connectivity index (χ4v) is 3.80. The molecule has 7 nitrogen and oxygen atoms in total. The first-order chi connectivity index (χ1) is 13.6. The molecule has 10 heteroatoms. The number of nitrogens with one attached hydrogen (secondary N) is 2. The Morgan fingerprint density at radius 2 is 1.66 bits per heavy atom. The van der Waals surface area contributed by atoms with Crippen molar-refractivity contribution in [1.82, 2.24) is 9.97 Å². The van der Waals surface area contributed by atoms with E-state index in [0.29, 0.717) is 17.3 Å². The molecule has 1 aromatic heterocycles. The molecule has 0 aliphatic heterocycles. The number of sulfonamides is 1. The molecule has 29 heavy (non-hydrogen) atoms. The number of benzene rings is 2. The van der Waals surface area contributed by atoms with Crippen molar-refractivity contribution in [2.75, 3.05) is 29.0 Å². The maximum atomic E-state index is 13.3. The second kappa shape index (κ2) is 8.22. The molecular weight excluding hydrogens is 417 g/mol. The summed E-state index contributed by atoms with van der Waals surface area (Å²) in [6, 6.07) is 11.7. The van der Waals surface area contributed by atoms with Crippen molar-refractivity contribution in [1.29, 1.82) is 0 Å². The molecule has 0 aliphatic rings. The van der Waals surface area contributed by atoms with Crippen molar-refractivity contribution in [2.45, 2.75) is 11.8 Å². The predicted octanol–water partition coefficient (Wildman–Crippen LogP) is 4.19. The Bertz CT molecular complexity index is 1140. The van der Waals surface area contributed by atoms with Crippen LogP contribution in [0.4, 0.5) is 27.4 Å². The number of nitrogens with zero attached hydrogens (tertiary/aromatic N) is 3. The largest absolute Gasteiger partial charge is 0.363 e. The van der Waals surface area contributed by atoms with Gasteiger partial charge in [0.1, 0.15) is 23.3 Å². The summed E-state index contributed by atoms with van der Waals surface area (Å²) < 4.78 is 40.6. The lowest BCUT2D eigenvalue weighted by molar-refractivity contribution is 0.599. The summed E-state index contributed by atoms with van der Waals surface area (Å²) in [7, 11) is -0.113. The van der Waals surface area contributed by atoms with Gasteiger partial charge in [0, 0.05) is 31.5 Å². The van der Waals surface area contributed by atoms with Gasteiger partial charge in [0.25, 0.3) is 10.0 Å². The zero-order valence-electron chi connectivity index (χ0n) is 15.9. The quantitative estimate of drug-likeness (QED) is 0.603. The zero-order chi connectivity index (χ0) is 21.2. The molecule has 2 aromatic carbocycles. The highest BCUT2D eigenvalue weighted by molar-refractivity contribution is 7.92. The minimum atomic E-state index is -3.89. The van der Waals surface area contributed by atoms with Crippen LogP contribution in [0.5, 0.6) is 0 Å². The minimum Gasteiger partial charge on any atom is -0.363 e. The number of halogens is 2. The third-order valence-corrected chi connectivity index (χ3v) is 5.56. The van der Waals surface area contributed by atoms with E-state index >= 15 is 0 Å². The smallest absolute Gasteiger partial charge is 0.261 e. The molecule has 3 aromatic rings. The van der Waals surface area contributed by atoms with Gasteiger partial charge in [0.05, 0.1) is 9.92 Å². The molecule has 0 atom stereocenters. The SMILES string of the molecule is Cc1nc(Nc2ccc(NS(=O)(=O)c3ccc(F)c(Cl)c3)cc2)cc(N(C)C)n1. The van der Waals surface area contributed by atoms with Crippen LogP contribution in [0.15, 0.2) is 53.4 Å². The van der Waals surface area contributed by atoms with Crippen molar-refractivity contribution in [3.05, 3.63) is 65.2 Å². The van der Waals surface area contributed by atoms with Crippen LogP contribution in [-0.2, 0) is 10.0 Å². The maximum Gasteiger partial charge on any atom is 0.261 e.